The monoisotopic (exact) mass is 412 g/mol. The SMILES string of the molecule is O=C(c1cccc(Cl)c1)N(c1ccc(F)cc1)C1CCN(Cc2ccoc2)CC1. The molecule has 0 unspecified atom stereocenters. The summed E-state index contributed by atoms with van der Waals surface area (Å²) in [4.78, 5) is 17.5. The highest BCUT2D eigenvalue weighted by molar-refractivity contribution is 6.31. The number of anilines is 1. The lowest BCUT2D eigenvalue weighted by Gasteiger charge is -2.38. The molecule has 4 rings (SSSR count). The van der Waals surface area contributed by atoms with Crippen LogP contribution < -0.4 is 4.90 Å². The normalized spacial score (nSPS) is 15.4. The number of piperidine rings is 1. The lowest BCUT2D eigenvalue weighted by molar-refractivity contribution is 0.0958. The Balaban J connectivity index is 1.54. The number of benzene rings is 2. The molecule has 29 heavy (non-hydrogen) atoms. The molecule has 1 fully saturated rings. The number of halogens is 2. The van der Waals surface area contributed by atoms with Crippen molar-refractivity contribution in [2.24, 2.45) is 0 Å². The number of hydrogen-bond donors (Lipinski definition) is 0. The molecule has 4 nitrogen and oxygen atoms in total. The summed E-state index contributed by atoms with van der Waals surface area (Å²) in [6.45, 7) is 2.58. The van der Waals surface area contributed by atoms with Crippen LogP contribution in [0.25, 0.3) is 0 Å². The van der Waals surface area contributed by atoms with Crippen LogP contribution in [-0.4, -0.2) is 29.9 Å². The maximum absolute atomic E-state index is 13.5. The summed E-state index contributed by atoms with van der Waals surface area (Å²) in [5, 5.41) is 0.518. The van der Waals surface area contributed by atoms with E-state index < -0.39 is 0 Å². The lowest BCUT2D eigenvalue weighted by Crippen LogP contribution is -2.47. The minimum Gasteiger partial charge on any atom is -0.472 e. The molecule has 0 saturated carbocycles. The van der Waals surface area contributed by atoms with E-state index in [0.717, 1.165) is 38.0 Å². The molecule has 0 bridgehead atoms. The third kappa shape index (κ3) is 4.69. The predicted molar refractivity (Wildman–Crippen MR) is 112 cm³/mol. The van der Waals surface area contributed by atoms with Gasteiger partial charge in [0.2, 0.25) is 0 Å². The van der Waals surface area contributed by atoms with Crippen molar-refractivity contribution in [1.29, 1.82) is 0 Å². The van der Waals surface area contributed by atoms with E-state index in [1.54, 1.807) is 53.8 Å². The van der Waals surface area contributed by atoms with Gasteiger partial charge in [0.15, 0.2) is 0 Å². The quantitative estimate of drug-likeness (QED) is 0.564. The zero-order chi connectivity index (χ0) is 20.2. The molecule has 0 spiro atoms. The summed E-state index contributed by atoms with van der Waals surface area (Å²) < 4.78 is 18.6. The Morgan fingerprint density at radius 2 is 1.90 bits per heavy atom. The first kappa shape index (κ1) is 19.7. The Kier molecular flexibility index (Phi) is 5.97. The first-order valence-electron chi connectivity index (χ1n) is 9.68. The third-order valence-electron chi connectivity index (χ3n) is 5.30. The molecule has 0 atom stereocenters. The van der Waals surface area contributed by atoms with Gasteiger partial charge in [-0.3, -0.25) is 9.69 Å². The van der Waals surface area contributed by atoms with E-state index in [2.05, 4.69) is 4.90 Å². The fraction of sp³-hybridized carbons (Fsp3) is 0.261. The van der Waals surface area contributed by atoms with Gasteiger partial charge < -0.3 is 9.32 Å². The van der Waals surface area contributed by atoms with Crippen LogP contribution in [0.4, 0.5) is 10.1 Å². The molecule has 2 aromatic carbocycles. The Hall–Kier alpha value is -2.63. The second kappa shape index (κ2) is 8.80. The molecule has 0 N–H and O–H groups in total. The average molecular weight is 413 g/mol. The highest BCUT2D eigenvalue weighted by Gasteiger charge is 2.30. The average Bonchev–Trinajstić information content (AvgIpc) is 3.24. The van der Waals surface area contributed by atoms with Crippen molar-refractivity contribution in [3.05, 3.63) is 89.1 Å². The Morgan fingerprint density at radius 3 is 2.55 bits per heavy atom. The molecule has 1 aliphatic rings. The minimum absolute atomic E-state index is 0.0348. The summed E-state index contributed by atoms with van der Waals surface area (Å²) >= 11 is 6.10. The molecule has 1 aliphatic heterocycles. The van der Waals surface area contributed by atoms with E-state index in [9.17, 15) is 9.18 Å². The Bertz CT molecular complexity index is 951. The summed E-state index contributed by atoms with van der Waals surface area (Å²) in [5.41, 5.74) is 2.38. The molecule has 6 heteroatoms. The van der Waals surface area contributed by atoms with Gasteiger partial charge in [0.25, 0.3) is 5.91 Å². The van der Waals surface area contributed by atoms with E-state index in [1.807, 2.05) is 6.07 Å². The van der Waals surface area contributed by atoms with Crippen molar-refractivity contribution < 1.29 is 13.6 Å². The molecule has 1 aromatic heterocycles. The first-order chi connectivity index (χ1) is 14.1. The van der Waals surface area contributed by atoms with Crippen LogP contribution in [0.3, 0.4) is 0 Å². The second-order valence-corrected chi connectivity index (χ2v) is 7.74. The zero-order valence-corrected chi connectivity index (χ0v) is 16.7. The third-order valence-corrected chi connectivity index (χ3v) is 5.54. The molecule has 2 heterocycles. The van der Waals surface area contributed by atoms with E-state index in [1.165, 1.54) is 12.1 Å². The molecule has 1 saturated heterocycles. The summed E-state index contributed by atoms with van der Waals surface area (Å²) in [7, 11) is 0. The van der Waals surface area contributed by atoms with E-state index >= 15 is 0 Å². The van der Waals surface area contributed by atoms with Gasteiger partial charge in [-0.05, 0) is 61.4 Å². The van der Waals surface area contributed by atoms with Gasteiger partial charge in [0.05, 0.1) is 12.5 Å². The molecular formula is C23H22ClFN2O2. The molecular weight excluding hydrogens is 391 g/mol. The zero-order valence-electron chi connectivity index (χ0n) is 15.9. The van der Waals surface area contributed by atoms with Gasteiger partial charge >= 0.3 is 0 Å². The smallest absolute Gasteiger partial charge is 0.258 e. The van der Waals surface area contributed by atoms with Crippen LogP contribution in [0.5, 0.6) is 0 Å². The van der Waals surface area contributed by atoms with Crippen LogP contribution in [0.15, 0.2) is 71.5 Å². The highest BCUT2D eigenvalue weighted by Crippen LogP contribution is 2.27. The van der Waals surface area contributed by atoms with Gasteiger partial charge in [0, 0.05) is 47.5 Å². The summed E-state index contributed by atoms with van der Waals surface area (Å²) in [6.07, 6.45) is 5.12. The molecule has 3 aromatic rings. The number of likely N-dealkylation sites (tertiary alicyclic amines) is 1. The number of hydrogen-bond acceptors (Lipinski definition) is 3. The molecule has 0 aliphatic carbocycles. The van der Waals surface area contributed by atoms with Gasteiger partial charge in [-0.1, -0.05) is 17.7 Å². The largest absolute Gasteiger partial charge is 0.472 e. The van der Waals surface area contributed by atoms with Gasteiger partial charge in [-0.25, -0.2) is 4.39 Å². The van der Waals surface area contributed by atoms with Gasteiger partial charge in [0.1, 0.15) is 5.82 Å². The number of carbonyl (C=O) groups excluding carboxylic acids is 1. The highest BCUT2D eigenvalue weighted by atomic mass is 35.5. The minimum atomic E-state index is -0.321. The standard InChI is InChI=1S/C23H22ClFN2O2/c24-19-3-1-2-18(14-19)23(28)27(21-6-4-20(25)5-7-21)22-8-11-26(12-9-22)15-17-10-13-29-16-17/h1-7,10,13-14,16,22H,8-9,11-12,15H2. The van der Waals surface area contributed by atoms with Crippen LogP contribution >= 0.6 is 11.6 Å². The van der Waals surface area contributed by atoms with E-state index in [4.69, 9.17) is 16.0 Å². The van der Waals surface area contributed by atoms with Gasteiger partial charge in [-0.2, -0.15) is 0 Å². The Labute approximate surface area is 174 Å². The van der Waals surface area contributed by atoms with Crippen molar-refractivity contribution >= 4 is 23.2 Å². The van der Waals surface area contributed by atoms with Crippen molar-refractivity contribution in [2.45, 2.75) is 25.4 Å². The number of carbonyl (C=O) groups is 1. The fourth-order valence-corrected chi connectivity index (χ4v) is 4.02. The van der Waals surface area contributed by atoms with Crippen LogP contribution in [0.1, 0.15) is 28.8 Å². The van der Waals surface area contributed by atoms with Gasteiger partial charge in [-0.15, -0.1) is 0 Å². The van der Waals surface area contributed by atoms with Crippen LogP contribution in [0, 0.1) is 5.82 Å². The number of furan rings is 1. The van der Waals surface area contributed by atoms with Crippen LogP contribution in [0.2, 0.25) is 5.02 Å². The van der Waals surface area contributed by atoms with Crippen molar-refractivity contribution in [1.82, 2.24) is 4.90 Å². The van der Waals surface area contributed by atoms with E-state index in [-0.39, 0.29) is 17.8 Å². The number of amides is 1. The van der Waals surface area contributed by atoms with Crippen LogP contribution in [-0.2, 0) is 6.54 Å². The second-order valence-electron chi connectivity index (χ2n) is 7.30. The Morgan fingerprint density at radius 1 is 1.14 bits per heavy atom. The van der Waals surface area contributed by atoms with Crippen molar-refractivity contribution in [3.63, 3.8) is 0 Å². The maximum atomic E-state index is 13.5. The number of rotatable bonds is 5. The predicted octanol–water partition coefficient (Wildman–Crippen LogP) is 5.38. The summed E-state index contributed by atoms with van der Waals surface area (Å²) in [6, 6.07) is 15.1. The molecule has 1 amide bonds. The van der Waals surface area contributed by atoms with E-state index in [0.29, 0.717) is 16.3 Å². The summed E-state index contributed by atoms with van der Waals surface area (Å²) in [5.74, 6) is -0.439. The first-order valence-corrected chi connectivity index (χ1v) is 10.1. The molecule has 150 valence electrons. The topological polar surface area (TPSA) is 36.7 Å². The number of nitrogens with zero attached hydrogens (tertiary/aromatic N) is 2. The van der Waals surface area contributed by atoms with Crippen molar-refractivity contribution in [3.8, 4) is 0 Å². The van der Waals surface area contributed by atoms with Crippen molar-refractivity contribution in [2.75, 3.05) is 18.0 Å². The molecule has 0 radical (unpaired) electrons. The lowest BCUT2D eigenvalue weighted by atomic mass is 10.0. The maximum Gasteiger partial charge on any atom is 0.258 e. The fourth-order valence-electron chi connectivity index (χ4n) is 3.83.